The van der Waals surface area contributed by atoms with Crippen molar-refractivity contribution < 1.29 is 33.6 Å². The first-order valence-corrected chi connectivity index (χ1v) is 8.94. The molecular formula is C22H26O7. The van der Waals surface area contributed by atoms with Gasteiger partial charge < -0.3 is 28.8 Å². The van der Waals surface area contributed by atoms with Crippen LogP contribution in [0.15, 0.2) is 30.3 Å². The van der Waals surface area contributed by atoms with Crippen LogP contribution in [0, 0.1) is 0 Å². The minimum absolute atomic E-state index is 0.130. The predicted octanol–water partition coefficient (Wildman–Crippen LogP) is 4.11. The highest BCUT2D eigenvalue weighted by atomic mass is 16.5. The normalized spacial score (nSPS) is 11.8. The van der Waals surface area contributed by atoms with Crippen LogP contribution < -0.4 is 23.7 Å². The topological polar surface area (TPSA) is 83.5 Å². The summed E-state index contributed by atoms with van der Waals surface area (Å²) in [5, 5.41) is 10.0. The summed E-state index contributed by atoms with van der Waals surface area (Å²) in [6, 6.07) is 6.45. The number of phenols is 1. The summed E-state index contributed by atoms with van der Waals surface area (Å²) in [5.74, 6) is 0.959. The maximum atomic E-state index is 13.0. The Morgan fingerprint density at radius 1 is 0.897 bits per heavy atom. The van der Waals surface area contributed by atoms with E-state index in [1.807, 2.05) is 19.1 Å². The van der Waals surface area contributed by atoms with E-state index in [-0.39, 0.29) is 28.6 Å². The number of ketones is 1. The fourth-order valence-electron chi connectivity index (χ4n) is 2.81. The number of phenolic OH excluding ortho intramolecular Hbond substituents is 1. The Morgan fingerprint density at radius 3 is 1.79 bits per heavy atom. The van der Waals surface area contributed by atoms with Crippen LogP contribution in [0.1, 0.15) is 29.8 Å². The highest BCUT2D eigenvalue weighted by molar-refractivity contribution is 6.00. The predicted molar refractivity (Wildman–Crippen MR) is 110 cm³/mol. The Labute approximate surface area is 170 Å². The van der Waals surface area contributed by atoms with Crippen LogP contribution in [0.2, 0.25) is 0 Å². The quantitative estimate of drug-likeness (QED) is 0.632. The molecule has 0 spiro atoms. The average molecular weight is 402 g/mol. The van der Waals surface area contributed by atoms with Crippen molar-refractivity contribution in [2.75, 3.05) is 28.4 Å². The molecule has 0 aliphatic rings. The molecule has 2 aromatic rings. The van der Waals surface area contributed by atoms with Crippen LogP contribution in [0.3, 0.4) is 0 Å². The fraction of sp³-hybridized carbons (Fsp3) is 0.318. The highest BCUT2D eigenvalue weighted by Gasteiger charge is 2.24. The third-order valence-corrected chi connectivity index (χ3v) is 4.27. The van der Waals surface area contributed by atoms with E-state index in [0.29, 0.717) is 17.2 Å². The first-order chi connectivity index (χ1) is 13.9. The van der Waals surface area contributed by atoms with Gasteiger partial charge >= 0.3 is 0 Å². The number of Topliss-reactive ketones (excluding diaryl/α,β-unsaturated/α-hetero) is 1. The Balaban J connectivity index is 2.39. The van der Waals surface area contributed by atoms with Crippen molar-refractivity contribution >= 4 is 11.9 Å². The molecule has 156 valence electrons. The largest absolute Gasteiger partial charge is 0.502 e. The van der Waals surface area contributed by atoms with Gasteiger partial charge in [-0.15, -0.1) is 0 Å². The molecule has 1 N–H and O–H groups in total. The van der Waals surface area contributed by atoms with E-state index in [0.717, 1.165) is 5.56 Å². The summed E-state index contributed by atoms with van der Waals surface area (Å²) in [7, 11) is 5.82. The van der Waals surface area contributed by atoms with E-state index in [9.17, 15) is 9.90 Å². The molecule has 1 unspecified atom stereocenters. The molecule has 2 rings (SSSR count). The molecule has 0 fully saturated rings. The highest BCUT2D eigenvalue weighted by Crippen LogP contribution is 2.41. The van der Waals surface area contributed by atoms with Crippen molar-refractivity contribution in [1.82, 2.24) is 0 Å². The number of methoxy groups -OCH3 is 4. The van der Waals surface area contributed by atoms with Crippen molar-refractivity contribution in [3.8, 4) is 34.5 Å². The summed E-state index contributed by atoms with van der Waals surface area (Å²) >= 11 is 0. The minimum Gasteiger partial charge on any atom is -0.502 e. The molecule has 0 saturated heterocycles. The maximum absolute atomic E-state index is 13.0. The van der Waals surface area contributed by atoms with Crippen LogP contribution in [0.25, 0.3) is 6.08 Å². The van der Waals surface area contributed by atoms with E-state index < -0.39 is 6.10 Å². The lowest BCUT2D eigenvalue weighted by Crippen LogP contribution is -2.24. The molecule has 0 amide bonds. The second-order valence-electron chi connectivity index (χ2n) is 6.11. The number of aromatic hydroxyl groups is 1. The van der Waals surface area contributed by atoms with Crippen LogP contribution in [0.4, 0.5) is 0 Å². The van der Waals surface area contributed by atoms with E-state index in [4.69, 9.17) is 23.7 Å². The van der Waals surface area contributed by atoms with Gasteiger partial charge in [-0.2, -0.15) is 0 Å². The summed E-state index contributed by atoms with van der Waals surface area (Å²) in [5.41, 5.74) is 1.15. The number of carbonyl (C=O) groups is 1. The van der Waals surface area contributed by atoms with Gasteiger partial charge in [0.15, 0.2) is 29.1 Å². The molecule has 7 heteroatoms. The van der Waals surface area contributed by atoms with Gasteiger partial charge in [-0.3, -0.25) is 4.79 Å². The van der Waals surface area contributed by atoms with Gasteiger partial charge in [-0.05, 0) is 43.7 Å². The Kier molecular flexibility index (Phi) is 7.36. The maximum Gasteiger partial charge on any atom is 0.204 e. The Hall–Kier alpha value is -3.35. The molecule has 0 radical (unpaired) electrons. The van der Waals surface area contributed by atoms with Crippen molar-refractivity contribution in [3.05, 3.63) is 41.5 Å². The molecule has 29 heavy (non-hydrogen) atoms. The molecule has 0 aliphatic heterocycles. The summed E-state index contributed by atoms with van der Waals surface area (Å²) in [4.78, 5) is 13.0. The average Bonchev–Trinajstić information content (AvgIpc) is 2.74. The second kappa shape index (κ2) is 9.73. The van der Waals surface area contributed by atoms with Crippen molar-refractivity contribution in [2.24, 2.45) is 0 Å². The van der Waals surface area contributed by atoms with Gasteiger partial charge in [-0.1, -0.05) is 12.2 Å². The summed E-state index contributed by atoms with van der Waals surface area (Å²) < 4.78 is 27.0. The van der Waals surface area contributed by atoms with Gasteiger partial charge in [-0.25, -0.2) is 0 Å². The first kappa shape index (κ1) is 21.9. The molecule has 0 heterocycles. The van der Waals surface area contributed by atoms with Gasteiger partial charge in [0, 0.05) is 5.56 Å². The second-order valence-corrected chi connectivity index (χ2v) is 6.11. The van der Waals surface area contributed by atoms with Gasteiger partial charge in [0.25, 0.3) is 0 Å². The molecule has 0 saturated carbocycles. The number of carbonyl (C=O) groups excluding carboxylic acids is 1. The lowest BCUT2D eigenvalue weighted by Gasteiger charge is -2.20. The van der Waals surface area contributed by atoms with Crippen LogP contribution in [0.5, 0.6) is 34.5 Å². The number of hydrogen-bond donors (Lipinski definition) is 1. The number of rotatable bonds is 9. The number of allylic oxidation sites excluding steroid dienone is 1. The zero-order valence-corrected chi connectivity index (χ0v) is 17.4. The lowest BCUT2D eigenvalue weighted by molar-refractivity contribution is 0.0808. The van der Waals surface area contributed by atoms with Crippen molar-refractivity contribution in [1.29, 1.82) is 0 Å². The molecule has 1 atom stereocenters. The van der Waals surface area contributed by atoms with Crippen molar-refractivity contribution in [2.45, 2.75) is 20.0 Å². The molecule has 7 nitrogen and oxygen atoms in total. The van der Waals surface area contributed by atoms with Crippen LogP contribution in [-0.2, 0) is 0 Å². The third-order valence-electron chi connectivity index (χ3n) is 4.27. The molecule has 0 bridgehead atoms. The van der Waals surface area contributed by atoms with E-state index in [2.05, 4.69) is 0 Å². The molecule has 0 aromatic heterocycles. The summed E-state index contributed by atoms with van der Waals surface area (Å²) in [6.07, 6.45) is 2.93. The molecular weight excluding hydrogens is 376 g/mol. The van der Waals surface area contributed by atoms with Gasteiger partial charge in [0.2, 0.25) is 17.3 Å². The van der Waals surface area contributed by atoms with Gasteiger partial charge in [0.1, 0.15) is 0 Å². The van der Waals surface area contributed by atoms with Crippen LogP contribution >= 0.6 is 0 Å². The third kappa shape index (κ3) is 4.74. The zero-order valence-electron chi connectivity index (χ0n) is 17.4. The number of hydrogen-bond acceptors (Lipinski definition) is 7. The van der Waals surface area contributed by atoms with Crippen molar-refractivity contribution in [3.63, 3.8) is 0 Å². The standard InChI is InChI=1S/C22H26O7/c1-7-8-14-9-18(27-5)22(19(10-14)28-6)29-13(2)20(23)15-11-16(25-3)21(24)17(12-15)26-4/h7-13,24H,1-6H3. The lowest BCUT2D eigenvalue weighted by atomic mass is 10.1. The first-order valence-electron chi connectivity index (χ1n) is 8.94. The van der Waals surface area contributed by atoms with E-state index >= 15 is 0 Å². The minimum atomic E-state index is -0.871. The molecule has 2 aromatic carbocycles. The molecule has 0 aliphatic carbocycles. The van der Waals surface area contributed by atoms with E-state index in [1.165, 1.54) is 40.6 Å². The fourth-order valence-corrected chi connectivity index (χ4v) is 2.81. The van der Waals surface area contributed by atoms with Gasteiger partial charge in [0.05, 0.1) is 28.4 Å². The van der Waals surface area contributed by atoms with E-state index in [1.54, 1.807) is 19.1 Å². The zero-order chi connectivity index (χ0) is 21.6. The number of ether oxygens (including phenoxy) is 5. The Bertz CT molecular complexity index is 852. The monoisotopic (exact) mass is 402 g/mol. The SMILES string of the molecule is CC=Cc1cc(OC)c(OC(C)C(=O)c2cc(OC)c(O)c(OC)c2)c(OC)c1. The smallest absolute Gasteiger partial charge is 0.204 e. The Morgan fingerprint density at radius 2 is 1.38 bits per heavy atom. The van der Waals surface area contributed by atoms with Crippen LogP contribution in [-0.4, -0.2) is 45.4 Å². The number of benzene rings is 2. The summed E-state index contributed by atoms with van der Waals surface area (Å²) in [6.45, 7) is 3.52.